The van der Waals surface area contributed by atoms with Crippen molar-refractivity contribution < 1.29 is 13.9 Å². The van der Waals surface area contributed by atoms with E-state index in [0.29, 0.717) is 6.54 Å². The molecule has 0 aliphatic carbocycles. The Labute approximate surface area is 148 Å². The first-order chi connectivity index (χ1) is 12.0. The van der Waals surface area contributed by atoms with Gasteiger partial charge in [-0.2, -0.15) is 0 Å². The van der Waals surface area contributed by atoms with Crippen LogP contribution in [0.1, 0.15) is 31.0 Å². The number of hydrogen-bond acceptors (Lipinski definition) is 3. The van der Waals surface area contributed by atoms with Crippen molar-refractivity contribution in [2.24, 2.45) is 5.92 Å². The molecule has 0 bridgehead atoms. The van der Waals surface area contributed by atoms with Crippen LogP contribution in [0.3, 0.4) is 0 Å². The molecule has 0 spiro atoms. The van der Waals surface area contributed by atoms with Gasteiger partial charge >= 0.3 is 0 Å². The molecule has 0 saturated carbocycles. The van der Waals surface area contributed by atoms with Gasteiger partial charge in [-0.3, -0.25) is 4.79 Å². The van der Waals surface area contributed by atoms with Gasteiger partial charge in [-0.25, -0.2) is 4.39 Å². The molecule has 0 aliphatic rings. The Morgan fingerprint density at radius 2 is 1.72 bits per heavy atom. The Morgan fingerprint density at radius 1 is 1.08 bits per heavy atom. The summed E-state index contributed by atoms with van der Waals surface area (Å²) >= 11 is 0. The highest BCUT2D eigenvalue weighted by Gasteiger charge is 2.16. The Morgan fingerprint density at radius 3 is 2.28 bits per heavy atom. The number of carbonyl (C=O) groups is 1. The second-order valence-corrected chi connectivity index (χ2v) is 6.28. The van der Waals surface area contributed by atoms with E-state index < -0.39 is 0 Å². The lowest BCUT2D eigenvalue weighted by molar-refractivity contribution is -0.120. The molecule has 2 aromatic carbocycles. The van der Waals surface area contributed by atoms with E-state index in [1.807, 2.05) is 24.3 Å². The number of hydrogen-bond donors (Lipinski definition) is 2. The van der Waals surface area contributed by atoms with Crippen molar-refractivity contribution in [1.82, 2.24) is 10.6 Å². The van der Waals surface area contributed by atoms with Gasteiger partial charge in [0.15, 0.2) is 0 Å². The number of halogens is 1. The van der Waals surface area contributed by atoms with Crippen LogP contribution < -0.4 is 15.4 Å². The summed E-state index contributed by atoms with van der Waals surface area (Å²) in [5.41, 5.74) is 1.98. The highest BCUT2D eigenvalue weighted by Crippen LogP contribution is 2.21. The van der Waals surface area contributed by atoms with Crippen LogP contribution in [0, 0.1) is 11.7 Å². The van der Waals surface area contributed by atoms with Crippen LogP contribution in [-0.2, 0) is 11.3 Å². The van der Waals surface area contributed by atoms with E-state index in [2.05, 4.69) is 24.5 Å². The zero-order valence-electron chi connectivity index (χ0n) is 14.9. The highest BCUT2D eigenvalue weighted by molar-refractivity contribution is 5.78. The van der Waals surface area contributed by atoms with Gasteiger partial charge in [-0.15, -0.1) is 0 Å². The van der Waals surface area contributed by atoms with E-state index in [0.717, 1.165) is 16.9 Å². The predicted octanol–water partition coefficient (Wildman–Crippen LogP) is 3.44. The fourth-order valence-corrected chi connectivity index (χ4v) is 2.62. The summed E-state index contributed by atoms with van der Waals surface area (Å²) in [4.78, 5) is 12.1. The molecule has 25 heavy (non-hydrogen) atoms. The monoisotopic (exact) mass is 344 g/mol. The summed E-state index contributed by atoms with van der Waals surface area (Å²) in [5.74, 6) is 0.725. The third-order valence-electron chi connectivity index (χ3n) is 4.03. The maximum atomic E-state index is 13.1. The second-order valence-electron chi connectivity index (χ2n) is 6.28. The molecule has 0 aliphatic heterocycles. The van der Waals surface area contributed by atoms with Gasteiger partial charge in [0.25, 0.3) is 0 Å². The number of benzene rings is 2. The zero-order chi connectivity index (χ0) is 18.2. The minimum Gasteiger partial charge on any atom is -0.497 e. The number of ether oxygens (including phenoxy) is 1. The minimum absolute atomic E-state index is 0.00710. The second kappa shape index (κ2) is 9.18. The Hall–Kier alpha value is -2.40. The first kappa shape index (κ1) is 18.9. The molecule has 0 radical (unpaired) electrons. The van der Waals surface area contributed by atoms with Gasteiger partial charge in [0.1, 0.15) is 11.6 Å². The number of carbonyl (C=O) groups excluding carboxylic acids is 1. The van der Waals surface area contributed by atoms with Crippen LogP contribution in [0.2, 0.25) is 0 Å². The maximum absolute atomic E-state index is 13.1. The number of methoxy groups -OCH3 is 1. The summed E-state index contributed by atoms with van der Waals surface area (Å²) in [7, 11) is 1.62. The average molecular weight is 344 g/mol. The zero-order valence-corrected chi connectivity index (χ0v) is 14.9. The van der Waals surface area contributed by atoms with Crippen molar-refractivity contribution in [2.45, 2.75) is 26.4 Å². The normalized spacial score (nSPS) is 12.0. The number of rotatable bonds is 8. The lowest BCUT2D eigenvalue weighted by Gasteiger charge is -2.22. The van der Waals surface area contributed by atoms with E-state index in [1.54, 1.807) is 19.2 Å². The van der Waals surface area contributed by atoms with Crippen LogP contribution in [-0.4, -0.2) is 19.6 Å². The summed E-state index contributed by atoms with van der Waals surface area (Å²) in [6, 6.07) is 13.9. The topological polar surface area (TPSA) is 50.4 Å². The maximum Gasteiger partial charge on any atom is 0.234 e. The lowest BCUT2D eigenvalue weighted by atomic mass is 9.96. The van der Waals surface area contributed by atoms with E-state index in [9.17, 15) is 9.18 Å². The molecule has 1 atom stereocenters. The van der Waals surface area contributed by atoms with E-state index in [-0.39, 0.29) is 30.2 Å². The lowest BCUT2D eigenvalue weighted by Crippen LogP contribution is -2.37. The largest absolute Gasteiger partial charge is 0.497 e. The molecular formula is C20H25FN2O2. The molecule has 134 valence electrons. The highest BCUT2D eigenvalue weighted by atomic mass is 19.1. The molecule has 0 fully saturated rings. The van der Waals surface area contributed by atoms with E-state index in [4.69, 9.17) is 4.74 Å². The number of amides is 1. The molecule has 5 heteroatoms. The molecule has 2 N–H and O–H groups in total. The Bertz CT molecular complexity index is 669. The Balaban J connectivity index is 1.85. The quantitative estimate of drug-likeness (QED) is 0.771. The fourth-order valence-electron chi connectivity index (χ4n) is 2.62. The van der Waals surface area contributed by atoms with Crippen molar-refractivity contribution in [3.8, 4) is 5.75 Å². The third kappa shape index (κ3) is 5.87. The van der Waals surface area contributed by atoms with Gasteiger partial charge in [0.05, 0.1) is 13.7 Å². The number of nitrogens with one attached hydrogen (secondary N) is 2. The standard InChI is InChI=1S/C20H25FN2O2/c1-14(2)20(16-6-8-17(21)9-7-16)23-13-19(24)22-12-15-4-10-18(25-3)11-5-15/h4-11,14,20,23H,12-13H2,1-3H3,(H,22,24)/t20-/m0/s1. The third-order valence-corrected chi connectivity index (χ3v) is 4.03. The molecule has 0 saturated heterocycles. The molecular weight excluding hydrogens is 319 g/mol. The van der Waals surface area contributed by atoms with E-state index >= 15 is 0 Å². The first-order valence-electron chi connectivity index (χ1n) is 8.38. The van der Waals surface area contributed by atoms with Crippen molar-refractivity contribution in [1.29, 1.82) is 0 Å². The summed E-state index contributed by atoms with van der Waals surface area (Å²) < 4.78 is 18.2. The summed E-state index contributed by atoms with van der Waals surface area (Å²) in [6.07, 6.45) is 0. The fraction of sp³-hybridized carbons (Fsp3) is 0.350. The molecule has 1 amide bonds. The first-order valence-corrected chi connectivity index (χ1v) is 8.38. The molecule has 0 heterocycles. The van der Waals surface area contributed by atoms with Crippen molar-refractivity contribution in [3.05, 3.63) is 65.5 Å². The van der Waals surface area contributed by atoms with Crippen molar-refractivity contribution in [2.75, 3.05) is 13.7 Å². The van der Waals surface area contributed by atoms with E-state index in [1.165, 1.54) is 12.1 Å². The molecule has 2 aromatic rings. The molecule has 0 unspecified atom stereocenters. The van der Waals surface area contributed by atoms with Crippen molar-refractivity contribution in [3.63, 3.8) is 0 Å². The van der Waals surface area contributed by atoms with Crippen LogP contribution >= 0.6 is 0 Å². The van der Waals surface area contributed by atoms with Crippen molar-refractivity contribution >= 4 is 5.91 Å². The predicted molar refractivity (Wildman–Crippen MR) is 96.8 cm³/mol. The van der Waals surface area contributed by atoms with Crippen LogP contribution in [0.5, 0.6) is 5.75 Å². The van der Waals surface area contributed by atoms with Gasteiger partial charge in [0, 0.05) is 12.6 Å². The van der Waals surface area contributed by atoms with Crippen LogP contribution in [0.25, 0.3) is 0 Å². The van der Waals surface area contributed by atoms with Gasteiger partial charge in [0.2, 0.25) is 5.91 Å². The minimum atomic E-state index is -0.261. The van der Waals surface area contributed by atoms with Gasteiger partial charge < -0.3 is 15.4 Å². The smallest absolute Gasteiger partial charge is 0.234 e. The Kier molecular flexibility index (Phi) is 6.95. The average Bonchev–Trinajstić information content (AvgIpc) is 2.61. The summed E-state index contributed by atoms with van der Waals surface area (Å²) in [5, 5.41) is 6.14. The molecule has 4 nitrogen and oxygen atoms in total. The van der Waals surface area contributed by atoms with Crippen LogP contribution in [0.15, 0.2) is 48.5 Å². The SMILES string of the molecule is COc1ccc(CNC(=O)CN[C@H](c2ccc(F)cc2)C(C)C)cc1. The van der Waals surface area contributed by atoms with Gasteiger partial charge in [-0.1, -0.05) is 38.1 Å². The molecule has 2 rings (SSSR count). The summed E-state index contributed by atoms with van der Waals surface area (Å²) in [6.45, 7) is 4.80. The molecule has 0 aromatic heterocycles. The van der Waals surface area contributed by atoms with Crippen LogP contribution in [0.4, 0.5) is 4.39 Å². The van der Waals surface area contributed by atoms with Gasteiger partial charge in [-0.05, 0) is 41.3 Å².